The lowest BCUT2D eigenvalue weighted by molar-refractivity contribution is -0.686. The maximum absolute atomic E-state index is 11.4. The number of ether oxygens (including phenoxy) is 5. The maximum atomic E-state index is 11.4. The Labute approximate surface area is 253 Å². The topological polar surface area (TPSA) is 141 Å². The summed E-state index contributed by atoms with van der Waals surface area (Å²) in [6.07, 6.45) is 5.54. The van der Waals surface area contributed by atoms with Crippen molar-refractivity contribution in [2.75, 3.05) is 20.5 Å². The van der Waals surface area contributed by atoms with E-state index >= 15 is 0 Å². The molecule has 0 saturated carbocycles. The number of rotatable bonds is 10. The molecule has 0 unspecified atom stereocenters. The SMILES string of the molecule is COc1ccc2cc3[n+](cc2c1OCCCn1cc(COc2ccc(S(N)(=O)=O)cc2)nn1)CCc1cc2c(cc1-3)OCO2. The van der Waals surface area contributed by atoms with Gasteiger partial charge in [0.05, 0.1) is 35.8 Å². The highest BCUT2D eigenvalue weighted by Gasteiger charge is 2.28. The Balaban J connectivity index is 1.01. The van der Waals surface area contributed by atoms with E-state index in [1.165, 1.54) is 17.7 Å². The van der Waals surface area contributed by atoms with Gasteiger partial charge >= 0.3 is 0 Å². The van der Waals surface area contributed by atoms with Gasteiger partial charge in [-0.05, 0) is 59.5 Å². The lowest BCUT2D eigenvalue weighted by Crippen LogP contribution is -2.40. The molecule has 4 heterocycles. The lowest BCUT2D eigenvalue weighted by Gasteiger charge is -2.18. The van der Waals surface area contributed by atoms with Gasteiger partial charge in [-0.15, -0.1) is 5.10 Å². The van der Waals surface area contributed by atoms with Crippen molar-refractivity contribution in [2.24, 2.45) is 5.14 Å². The molecule has 0 radical (unpaired) electrons. The molecular formula is C31H30N5O7S+. The van der Waals surface area contributed by atoms with Crippen LogP contribution in [0.5, 0.6) is 28.7 Å². The second-order valence-corrected chi connectivity index (χ2v) is 12.1. The van der Waals surface area contributed by atoms with Crippen molar-refractivity contribution >= 4 is 20.8 Å². The molecule has 2 N–H and O–H groups in total. The van der Waals surface area contributed by atoms with Crippen LogP contribution in [0, 0.1) is 0 Å². The second kappa shape index (κ2) is 11.3. The zero-order valence-corrected chi connectivity index (χ0v) is 24.7. The standard InChI is InChI=1S/C31H30N5O7S/c1-39-28-8-3-20-13-27-25-15-30-29(42-19-43-30)14-21(25)9-11-35(27)17-26(20)31(28)40-12-2-10-36-16-22(33-34-36)18-41-23-4-6-24(7-5-23)44(32,37)38/h3-8,13-17H,2,9-12,18-19H2,1H3,(H2,32,37,38)/q+1. The highest BCUT2D eigenvalue weighted by Crippen LogP contribution is 2.41. The van der Waals surface area contributed by atoms with Crippen molar-refractivity contribution in [1.82, 2.24) is 15.0 Å². The molecular weight excluding hydrogens is 586 g/mol. The molecule has 2 aromatic heterocycles. The smallest absolute Gasteiger partial charge is 0.238 e. The van der Waals surface area contributed by atoms with Gasteiger partial charge in [-0.1, -0.05) is 5.21 Å². The number of benzene rings is 3. The van der Waals surface area contributed by atoms with Crippen LogP contribution in [-0.4, -0.2) is 43.9 Å². The molecule has 0 spiro atoms. The molecule has 0 amide bonds. The fourth-order valence-electron chi connectivity index (χ4n) is 5.50. The van der Waals surface area contributed by atoms with Gasteiger partial charge in [-0.2, -0.15) is 4.57 Å². The van der Waals surface area contributed by atoms with Gasteiger partial charge in [-0.25, -0.2) is 13.6 Å². The first kappa shape index (κ1) is 27.9. The minimum atomic E-state index is -3.75. The van der Waals surface area contributed by atoms with E-state index in [0.29, 0.717) is 42.5 Å². The number of methoxy groups -OCH3 is 1. The minimum absolute atomic E-state index is 0.0251. The first-order chi connectivity index (χ1) is 21.4. The molecule has 0 saturated heterocycles. The lowest BCUT2D eigenvalue weighted by atomic mass is 9.95. The Bertz CT molecular complexity index is 1980. The van der Waals surface area contributed by atoms with E-state index in [1.54, 1.807) is 23.9 Å². The van der Waals surface area contributed by atoms with E-state index < -0.39 is 10.0 Å². The predicted octanol–water partition coefficient (Wildman–Crippen LogP) is 3.37. The van der Waals surface area contributed by atoms with E-state index in [2.05, 4.69) is 45.3 Å². The van der Waals surface area contributed by atoms with Gasteiger partial charge in [-0.3, -0.25) is 4.68 Å². The van der Waals surface area contributed by atoms with Gasteiger partial charge in [0.25, 0.3) is 0 Å². The number of aryl methyl sites for hydroxylation is 3. The third-order valence-corrected chi connectivity index (χ3v) is 8.63. The van der Waals surface area contributed by atoms with Crippen molar-refractivity contribution in [3.63, 3.8) is 0 Å². The van der Waals surface area contributed by atoms with Crippen molar-refractivity contribution in [3.05, 3.63) is 78.2 Å². The van der Waals surface area contributed by atoms with Crippen LogP contribution < -0.4 is 33.4 Å². The largest absolute Gasteiger partial charge is 0.493 e. The van der Waals surface area contributed by atoms with Gasteiger partial charge in [0.2, 0.25) is 22.5 Å². The molecule has 2 aliphatic heterocycles. The van der Waals surface area contributed by atoms with E-state index in [0.717, 1.165) is 46.5 Å². The van der Waals surface area contributed by atoms with E-state index in [9.17, 15) is 8.42 Å². The summed E-state index contributed by atoms with van der Waals surface area (Å²) in [6.45, 7) is 2.33. The first-order valence-electron chi connectivity index (χ1n) is 14.1. The molecule has 0 fully saturated rings. The molecule has 2 aliphatic rings. The average molecular weight is 617 g/mol. The number of hydrogen-bond acceptors (Lipinski definition) is 9. The van der Waals surface area contributed by atoms with Crippen LogP contribution in [0.15, 0.2) is 71.9 Å². The quantitative estimate of drug-likeness (QED) is 0.185. The fourth-order valence-corrected chi connectivity index (χ4v) is 6.02. The number of hydrogen-bond donors (Lipinski definition) is 1. The molecule has 0 aliphatic carbocycles. The van der Waals surface area contributed by atoms with Crippen LogP contribution in [0.2, 0.25) is 0 Å². The Hall–Kier alpha value is -4.88. The van der Waals surface area contributed by atoms with Crippen molar-refractivity contribution in [1.29, 1.82) is 0 Å². The molecule has 0 atom stereocenters. The summed E-state index contributed by atoms with van der Waals surface area (Å²) >= 11 is 0. The summed E-state index contributed by atoms with van der Waals surface area (Å²) < 4.78 is 55.7. The number of pyridine rings is 1. The highest BCUT2D eigenvalue weighted by atomic mass is 32.2. The normalized spacial score (nSPS) is 13.4. The molecule has 44 heavy (non-hydrogen) atoms. The second-order valence-electron chi connectivity index (χ2n) is 10.5. The number of sulfonamides is 1. The number of fused-ring (bicyclic) bond motifs is 5. The summed E-state index contributed by atoms with van der Waals surface area (Å²) in [5.41, 5.74) is 4.17. The number of primary sulfonamides is 1. The van der Waals surface area contributed by atoms with E-state index in [1.807, 2.05) is 12.3 Å². The third kappa shape index (κ3) is 5.47. The molecule has 5 aromatic rings. The first-order valence-corrected chi connectivity index (χ1v) is 15.6. The molecule has 0 bridgehead atoms. The van der Waals surface area contributed by atoms with Crippen molar-refractivity contribution in [3.8, 4) is 40.0 Å². The molecule has 12 nitrogen and oxygen atoms in total. The summed E-state index contributed by atoms with van der Waals surface area (Å²) in [6, 6.07) is 16.2. The summed E-state index contributed by atoms with van der Waals surface area (Å²) in [7, 11) is -2.10. The monoisotopic (exact) mass is 616 g/mol. The summed E-state index contributed by atoms with van der Waals surface area (Å²) in [5.74, 6) is 3.47. The Kier molecular flexibility index (Phi) is 7.18. The van der Waals surface area contributed by atoms with Gasteiger partial charge in [0.1, 0.15) is 18.1 Å². The predicted molar refractivity (Wildman–Crippen MR) is 158 cm³/mol. The van der Waals surface area contributed by atoms with Crippen LogP contribution in [0.1, 0.15) is 17.7 Å². The van der Waals surface area contributed by atoms with Gasteiger partial charge in [0.15, 0.2) is 35.7 Å². The minimum Gasteiger partial charge on any atom is -0.493 e. The van der Waals surface area contributed by atoms with Crippen LogP contribution in [0.3, 0.4) is 0 Å². The fraction of sp³-hybridized carbons (Fsp3) is 0.258. The zero-order valence-electron chi connectivity index (χ0n) is 23.9. The van der Waals surface area contributed by atoms with Crippen LogP contribution in [0.25, 0.3) is 22.0 Å². The summed E-state index contributed by atoms with van der Waals surface area (Å²) in [4.78, 5) is 0.0251. The molecule has 13 heteroatoms. The van der Waals surface area contributed by atoms with E-state index in [4.69, 9.17) is 28.8 Å². The molecule has 7 rings (SSSR count). The third-order valence-electron chi connectivity index (χ3n) is 7.70. The van der Waals surface area contributed by atoms with Crippen LogP contribution in [-0.2, 0) is 36.1 Å². The molecule has 226 valence electrons. The van der Waals surface area contributed by atoms with Crippen LogP contribution in [0.4, 0.5) is 0 Å². The van der Waals surface area contributed by atoms with E-state index in [-0.39, 0.29) is 18.3 Å². The number of aromatic nitrogens is 4. The average Bonchev–Trinajstić information content (AvgIpc) is 3.69. The maximum Gasteiger partial charge on any atom is 0.238 e. The van der Waals surface area contributed by atoms with Crippen molar-refractivity contribution in [2.45, 2.75) is 37.4 Å². The highest BCUT2D eigenvalue weighted by molar-refractivity contribution is 7.89. The number of nitrogens with two attached hydrogens (primary N) is 1. The van der Waals surface area contributed by atoms with Gasteiger partial charge in [0, 0.05) is 25.5 Å². The Morgan fingerprint density at radius 2 is 1.86 bits per heavy atom. The summed E-state index contributed by atoms with van der Waals surface area (Å²) in [5, 5.41) is 15.5. The zero-order chi connectivity index (χ0) is 30.3. The Morgan fingerprint density at radius 3 is 2.66 bits per heavy atom. The molecule has 3 aromatic carbocycles. The van der Waals surface area contributed by atoms with Crippen molar-refractivity contribution < 1.29 is 36.7 Å². The van der Waals surface area contributed by atoms with Crippen LogP contribution >= 0.6 is 0 Å². The Morgan fingerprint density at radius 1 is 1.05 bits per heavy atom. The number of nitrogens with zero attached hydrogens (tertiary/aromatic N) is 4. The van der Waals surface area contributed by atoms with Gasteiger partial charge < -0.3 is 23.7 Å².